The van der Waals surface area contributed by atoms with Gasteiger partial charge >= 0.3 is 5.97 Å². The van der Waals surface area contributed by atoms with Crippen LogP contribution in [0.25, 0.3) is 0 Å². The maximum atomic E-state index is 12.2. The lowest BCUT2D eigenvalue weighted by Gasteiger charge is -2.15. The van der Waals surface area contributed by atoms with E-state index in [0.29, 0.717) is 13.0 Å². The molecule has 0 saturated heterocycles. The van der Waals surface area contributed by atoms with Gasteiger partial charge in [-0.3, -0.25) is 4.79 Å². The van der Waals surface area contributed by atoms with E-state index in [4.69, 9.17) is 9.47 Å². The molecule has 0 amide bonds. The van der Waals surface area contributed by atoms with E-state index in [1.807, 2.05) is 54.6 Å². The molecule has 0 heterocycles. The molecule has 0 aliphatic heterocycles. The minimum absolute atomic E-state index is 0.248. The van der Waals surface area contributed by atoms with Gasteiger partial charge in [-0.15, -0.1) is 0 Å². The Balaban J connectivity index is 1.90. The summed E-state index contributed by atoms with van der Waals surface area (Å²) >= 11 is 0. The van der Waals surface area contributed by atoms with Crippen LogP contribution in [-0.2, 0) is 22.6 Å². The summed E-state index contributed by atoms with van der Waals surface area (Å²) in [6.45, 7) is 0.292. The van der Waals surface area contributed by atoms with Crippen LogP contribution in [0.2, 0.25) is 0 Å². The molecule has 0 aliphatic rings. The monoisotopic (exact) mass is 299 g/mol. The van der Waals surface area contributed by atoms with Gasteiger partial charge < -0.3 is 14.8 Å². The minimum atomic E-state index is -0.364. The van der Waals surface area contributed by atoms with Crippen LogP contribution in [0.4, 0.5) is 0 Å². The molecule has 4 nitrogen and oxygen atoms in total. The van der Waals surface area contributed by atoms with Crippen molar-refractivity contribution in [1.82, 2.24) is 5.32 Å². The van der Waals surface area contributed by atoms with Crippen molar-refractivity contribution in [2.75, 3.05) is 14.2 Å². The second kappa shape index (κ2) is 8.20. The molecule has 2 aromatic rings. The average molecular weight is 299 g/mol. The Labute approximate surface area is 131 Å². The summed E-state index contributed by atoms with van der Waals surface area (Å²) in [6.07, 6.45) is 0.577. The summed E-state index contributed by atoms with van der Waals surface area (Å²) in [7, 11) is 3.39. The topological polar surface area (TPSA) is 47.6 Å². The van der Waals surface area contributed by atoms with Crippen molar-refractivity contribution >= 4 is 5.97 Å². The molecule has 0 aliphatic carbocycles. The van der Waals surface area contributed by atoms with Gasteiger partial charge in [-0.2, -0.15) is 0 Å². The van der Waals surface area contributed by atoms with Crippen molar-refractivity contribution in [2.24, 2.45) is 0 Å². The predicted molar refractivity (Wildman–Crippen MR) is 85.8 cm³/mol. The zero-order valence-corrected chi connectivity index (χ0v) is 12.9. The average Bonchev–Trinajstić information content (AvgIpc) is 2.59. The number of nitrogens with one attached hydrogen (secondary N) is 1. The van der Waals surface area contributed by atoms with Gasteiger partial charge in [0.2, 0.25) is 0 Å². The van der Waals surface area contributed by atoms with Crippen molar-refractivity contribution in [3.8, 4) is 5.75 Å². The number of hydrogen-bond donors (Lipinski definition) is 1. The molecular formula is C18H21NO3. The van der Waals surface area contributed by atoms with E-state index in [1.165, 1.54) is 0 Å². The van der Waals surface area contributed by atoms with Crippen molar-refractivity contribution < 1.29 is 14.3 Å². The fourth-order valence-corrected chi connectivity index (χ4v) is 2.13. The van der Waals surface area contributed by atoms with Gasteiger partial charge in [0.05, 0.1) is 7.11 Å². The van der Waals surface area contributed by atoms with Crippen molar-refractivity contribution in [3.63, 3.8) is 0 Å². The molecule has 0 spiro atoms. The molecule has 0 aromatic heterocycles. The Morgan fingerprint density at radius 1 is 1.05 bits per heavy atom. The van der Waals surface area contributed by atoms with Crippen LogP contribution in [0.3, 0.4) is 0 Å². The second-order valence-electron chi connectivity index (χ2n) is 4.99. The van der Waals surface area contributed by atoms with Crippen molar-refractivity contribution in [2.45, 2.75) is 19.1 Å². The fourth-order valence-electron chi connectivity index (χ4n) is 2.13. The summed E-state index contributed by atoms with van der Waals surface area (Å²) < 4.78 is 10.5. The van der Waals surface area contributed by atoms with Gasteiger partial charge in [0, 0.05) is 0 Å². The third kappa shape index (κ3) is 4.60. The van der Waals surface area contributed by atoms with E-state index in [-0.39, 0.29) is 12.0 Å². The summed E-state index contributed by atoms with van der Waals surface area (Å²) in [4.78, 5) is 12.2. The molecule has 1 atom stereocenters. The smallest absolute Gasteiger partial charge is 0.323 e. The number of carbonyl (C=O) groups excluding carboxylic acids is 1. The van der Waals surface area contributed by atoms with Gasteiger partial charge in [-0.1, -0.05) is 42.5 Å². The van der Waals surface area contributed by atoms with E-state index in [2.05, 4.69) is 5.32 Å². The highest BCUT2D eigenvalue weighted by Crippen LogP contribution is 2.13. The Bertz CT molecular complexity index is 581. The molecule has 2 aromatic carbocycles. The van der Waals surface area contributed by atoms with E-state index in [9.17, 15) is 4.79 Å². The standard InChI is InChI=1S/C18H21NO3/c1-19-17(12-14-8-10-16(21-2)11-9-14)18(20)22-13-15-6-4-3-5-7-15/h3-11,17,19H,12-13H2,1-2H3/t17-/m0/s1. The Hall–Kier alpha value is -2.33. The summed E-state index contributed by atoms with van der Waals surface area (Å²) in [6, 6.07) is 17.0. The van der Waals surface area contributed by atoms with E-state index in [1.54, 1.807) is 14.2 Å². The lowest BCUT2D eigenvalue weighted by Crippen LogP contribution is -2.37. The summed E-state index contributed by atoms with van der Waals surface area (Å²) in [5, 5.41) is 3.01. The number of likely N-dealkylation sites (N-methyl/N-ethyl adjacent to an activating group) is 1. The Morgan fingerprint density at radius 2 is 1.73 bits per heavy atom. The van der Waals surface area contributed by atoms with Crippen LogP contribution in [-0.4, -0.2) is 26.2 Å². The van der Waals surface area contributed by atoms with E-state index < -0.39 is 0 Å². The Kier molecular flexibility index (Phi) is 5.98. The second-order valence-corrected chi connectivity index (χ2v) is 4.99. The summed E-state index contributed by atoms with van der Waals surface area (Å²) in [5.74, 6) is 0.554. The highest BCUT2D eigenvalue weighted by atomic mass is 16.5. The Morgan fingerprint density at radius 3 is 2.32 bits per heavy atom. The van der Waals surface area contributed by atoms with Crippen LogP contribution in [0.5, 0.6) is 5.75 Å². The quantitative estimate of drug-likeness (QED) is 0.798. The minimum Gasteiger partial charge on any atom is -0.497 e. The van der Waals surface area contributed by atoms with Crippen molar-refractivity contribution in [1.29, 1.82) is 0 Å². The van der Waals surface area contributed by atoms with Crippen molar-refractivity contribution in [3.05, 3.63) is 65.7 Å². The molecule has 1 N–H and O–H groups in total. The number of carbonyl (C=O) groups is 1. The molecule has 0 saturated carbocycles. The van der Waals surface area contributed by atoms with Gasteiger partial charge in [0.25, 0.3) is 0 Å². The molecule has 0 radical (unpaired) electrons. The molecule has 116 valence electrons. The first kappa shape index (κ1) is 16.0. The number of hydrogen-bond acceptors (Lipinski definition) is 4. The molecule has 0 unspecified atom stereocenters. The first-order chi connectivity index (χ1) is 10.7. The van der Waals surface area contributed by atoms with Crippen LogP contribution in [0.15, 0.2) is 54.6 Å². The maximum absolute atomic E-state index is 12.2. The van der Waals surface area contributed by atoms with E-state index >= 15 is 0 Å². The molecule has 0 bridgehead atoms. The molecule has 2 rings (SSSR count). The third-order valence-electron chi connectivity index (χ3n) is 3.46. The van der Waals surface area contributed by atoms with Gasteiger partial charge in [0.15, 0.2) is 0 Å². The van der Waals surface area contributed by atoms with Gasteiger partial charge in [-0.25, -0.2) is 0 Å². The highest BCUT2D eigenvalue weighted by Gasteiger charge is 2.18. The predicted octanol–water partition coefficient (Wildman–Crippen LogP) is 2.57. The van der Waals surface area contributed by atoms with Gasteiger partial charge in [0.1, 0.15) is 18.4 Å². The van der Waals surface area contributed by atoms with Crippen LogP contribution in [0.1, 0.15) is 11.1 Å². The lowest BCUT2D eigenvalue weighted by atomic mass is 10.1. The van der Waals surface area contributed by atoms with E-state index in [0.717, 1.165) is 16.9 Å². The zero-order chi connectivity index (χ0) is 15.8. The normalized spacial score (nSPS) is 11.7. The first-order valence-electron chi connectivity index (χ1n) is 7.23. The number of ether oxygens (including phenoxy) is 2. The lowest BCUT2D eigenvalue weighted by molar-refractivity contribution is -0.147. The largest absolute Gasteiger partial charge is 0.497 e. The van der Waals surface area contributed by atoms with Crippen LogP contribution < -0.4 is 10.1 Å². The molecule has 0 fully saturated rings. The zero-order valence-electron chi connectivity index (χ0n) is 12.9. The SMILES string of the molecule is CN[C@@H](Cc1ccc(OC)cc1)C(=O)OCc1ccccc1. The van der Waals surface area contributed by atoms with Gasteiger partial charge in [-0.05, 0) is 36.7 Å². The number of benzene rings is 2. The number of methoxy groups -OCH3 is 1. The third-order valence-corrected chi connectivity index (χ3v) is 3.46. The molecule has 4 heteroatoms. The van der Waals surface area contributed by atoms with Crippen LogP contribution >= 0.6 is 0 Å². The number of rotatable bonds is 7. The molecular weight excluding hydrogens is 278 g/mol. The number of esters is 1. The highest BCUT2D eigenvalue weighted by molar-refractivity contribution is 5.76. The molecule has 22 heavy (non-hydrogen) atoms. The first-order valence-corrected chi connectivity index (χ1v) is 7.23. The summed E-state index contributed by atoms with van der Waals surface area (Å²) in [5.41, 5.74) is 2.03. The van der Waals surface area contributed by atoms with Crippen LogP contribution in [0, 0.1) is 0 Å². The maximum Gasteiger partial charge on any atom is 0.323 e. The fraction of sp³-hybridized carbons (Fsp3) is 0.278.